The molecule has 0 spiro atoms. The average molecular weight is 367 g/mol. The molecule has 3 aromatic rings. The molecule has 7 heteroatoms. The lowest BCUT2D eigenvalue weighted by molar-refractivity contribution is -0.120. The van der Waals surface area contributed by atoms with Gasteiger partial charge in [0.1, 0.15) is 10.8 Å². The molecule has 3 N–H and O–H groups in total. The average Bonchev–Trinajstić information content (AvgIpc) is 3.07. The van der Waals surface area contributed by atoms with Gasteiger partial charge < -0.3 is 15.8 Å². The van der Waals surface area contributed by atoms with Crippen molar-refractivity contribution in [2.75, 3.05) is 6.61 Å². The minimum absolute atomic E-state index is 0.163. The fourth-order valence-electron chi connectivity index (χ4n) is 2.22. The van der Waals surface area contributed by atoms with Gasteiger partial charge >= 0.3 is 0 Å². The summed E-state index contributed by atoms with van der Waals surface area (Å²) in [6.45, 7) is 0.228. The normalized spacial score (nSPS) is 10.9. The predicted molar refractivity (Wildman–Crippen MR) is 102 cm³/mol. The number of rotatable bonds is 7. The van der Waals surface area contributed by atoms with Crippen LogP contribution in [-0.2, 0) is 16.1 Å². The number of fused-ring (bicyclic) bond motifs is 1. The van der Waals surface area contributed by atoms with Crippen molar-refractivity contribution in [3.63, 3.8) is 0 Å². The Hall–Kier alpha value is -3.19. The molecule has 0 aliphatic rings. The van der Waals surface area contributed by atoms with E-state index >= 15 is 0 Å². The van der Waals surface area contributed by atoms with Crippen molar-refractivity contribution < 1.29 is 14.3 Å². The number of primary amides is 1. The second-order valence-electron chi connectivity index (χ2n) is 5.45. The van der Waals surface area contributed by atoms with Gasteiger partial charge in [0, 0.05) is 6.08 Å². The van der Waals surface area contributed by atoms with Crippen molar-refractivity contribution in [3.05, 3.63) is 65.2 Å². The number of para-hydroxylation sites is 1. The number of thiazole rings is 1. The summed E-state index contributed by atoms with van der Waals surface area (Å²) in [5, 5.41) is 3.69. The van der Waals surface area contributed by atoms with Crippen LogP contribution < -0.4 is 15.8 Å². The lowest BCUT2D eigenvalue weighted by atomic mass is 10.2. The quantitative estimate of drug-likeness (QED) is 0.627. The molecule has 0 radical (unpaired) electrons. The first-order valence-corrected chi connectivity index (χ1v) is 8.73. The number of hydrogen-bond donors (Lipinski definition) is 2. The molecule has 132 valence electrons. The highest BCUT2D eigenvalue weighted by atomic mass is 32.1. The molecule has 0 aliphatic carbocycles. The Kier molecular flexibility index (Phi) is 5.60. The first-order valence-electron chi connectivity index (χ1n) is 7.92. The zero-order valence-electron chi connectivity index (χ0n) is 13.8. The van der Waals surface area contributed by atoms with Crippen molar-refractivity contribution in [2.24, 2.45) is 5.73 Å². The van der Waals surface area contributed by atoms with Crippen LogP contribution in [0.5, 0.6) is 5.75 Å². The highest BCUT2D eigenvalue weighted by Crippen LogP contribution is 2.21. The molecule has 0 unspecified atom stereocenters. The number of carbonyl (C=O) groups is 2. The van der Waals surface area contributed by atoms with Crippen LogP contribution in [0.3, 0.4) is 0 Å². The van der Waals surface area contributed by atoms with Gasteiger partial charge in [0.25, 0.3) is 5.91 Å². The highest BCUT2D eigenvalue weighted by molar-refractivity contribution is 7.18. The van der Waals surface area contributed by atoms with Crippen molar-refractivity contribution in [2.45, 2.75) is 6.54 Å². The smallest absolute Gasteiger partial charge is 0.255 e. The van der Waals surface area contributed by atoms with Gasteiger partial charge in [0.2, 0.25) is 5.91 Å². The minimum Gasteiger partial charge on any atom is -0.484 e. The second-order valence-corrected chi connectivity index (χ2v) is 6.57. The number of nitrogens with zero attached hydrogens (tertiary/aromatic N) is 1. The van der Waals surface area contributed by atoms with Crippen LogP contribution in [0.15, 0.2) is 54.6 Å². The van der Waals surface area contributed by atoms with E-state index in [-0.39, 0.29) is 12.5 Å². The van der Waals surface area contributed by atoms with Gasteiger partial charge in [0.15, 0.2) is 6.61 Å². The lowest BCUT2D eigenvalue weighted by Gasteiger charge is -2.03. The second kappa shape index (κ2) is 8.26. The summed E-state index contributed by atoms with van der Waals surface area (Å²) in [6.07, 6.45) is 3.16. The van der Waals surface area contributed by atoms with Crippen LogP contribution in [0.25, 0.3) is 16.3 Å². The van der Waals surface area contributed by atoms with Crippen LogP contribution in [-0.4, -0.2) is 23.4 Å². The first kappa shape index (κ1) is 17.6. The SMILES string of the molecule is NC(=O)COc1ccc(/C=C/C(=O)NCc2nc3ccccc3s2)cc1. The van der Waals surface area contributed by atoms with Crippen molar-refractivity contribution >= 4 is 39.4 Å². The maximum absolute atomic E-state index is 12.0. The third-order valence-corrected chi connectivity index (χ3v) is 4.48. The van der Waals surface area contributed by atoms with E-state index in [0.29, 0.717) is 12.3 Å². The Labute approximate surface area is 154 Å². The summed E-state index contributed by atoms with van der Waals surface area (Å²) >= 11 is 1.57. The Bertz CT molecular complexity index is 915. The van der Waals surface area contributed by atoms with Crippen LogP contribution >= 0.6 is 11.3 Å². The Balaban J connectivity index is 1.51. The standard InChI is InChI=1S/C19H17N3O3S/c20-17(23)12-25-14-8-5-13(6-9-14)7-10-18(24)21-11-19-22-15-3-1-2-4-16(15)26-19/h1-10H,11-12H2,(H2,20,23)(H,21,24)/b10-7+. The summed E-state index contributed by atoms with van der Waals surface area (Å²) in [5.74, 6) is -0.182. The molecular formula is C19H17N3O3S. The monoisotopic (exact) mass is 367 g/mol. The van der Waals surface area contributed by atoms with Crippen LogP contribution in [0.4, 0.5) is 0 Å². The summed E-state index contributed by atoms with van der Waals surface area (Å²) in [5.41, 5.74) is 6.80. The van der Waals surface area contributed by atoms with Crippen molar-refractivity contribution in [3.8, 4) is 5.75 Å². The molecule has 0 bridgehead atoms. The fourth-order valence-corrected chi connectivity index (χ4v) is 3.13. The molecule has 0 saturated carbocycles. The number of benzene rings is 2. The zero-order chi connectivity index (χ0) is 18.4. The Morgan fingerprint density at radius 2 is 1.92 bits per heavy atom. The molecule has 6 nitrogen and oxygen atoms in total. The molecule has 1 heterocycles. The number of amides is 2. The number of aromatic nitrogens is 1. The molecule has 26 heavy (non-hydrogen) atoms. The van der Waals surface area contributed by atoms with Gasteiger partial charge in [0.05, 0.1) is 16.8 Å². The number of nitrogens with two attached hydrogens (primary N) is 1. The van der Waals surface area contributed by atoms with Crippen molar-refractivity contribution in [1.82, 2.24) is 10.3 Å². The molecule has 0 aliphatic heterocycles. The van der Waals surface area contributed by atoms with Gasteiger partial charge in [-0.1, -0.05) is 24.3 Å². The number of carbonyl (C=O) groups excluding carboxylic acids is 2. The zero-order valence-corrected chi connectivity index (χ0v) is 14.7. The molecule has 3 rings (SSSR count). The summed E-state index contributed by atoms with van der Waals surface area (Å²) in [4.78, 5) is 27.1. The molecule has 2 amide bonds. The largest absolute Gasteiger partial charge is 0.484 e. The fraction of sp³-hybridized carbons (Fsp3) is 0.105. The highest BCUT2D eigenvalue weighted by Gasteiger charge is 2.04. The van der Waals surface area contributed by atoms with Crippen molar-refractivity contribution in [1.29, 1.82) is 0 Å². The van der Waals surface area contributed by atoms with Crippen LogP contribution in [0.1, 0.15) is 10.6 Å². The summed E-state index contributed by atoms with van der Waals surface area (Å²) in [7, 11) is 0. The van der Waals surface area contributed by atoms with E-state index in [1.807, 2.05) is 24.3 Å². The van der Waals surface area contributed by atoms with E-state index in [1.165, 1.54) is 6.08 Å². The molecular weight excluding hydrogens is 350 g/mol. The summed E-state index contributed by atoms with van der Waals surface area (Å²) in [6, 6.07) is 14.9. The Morgan fingerprint density at radius 1 is 1.15 bits per heavy atom. The molecule has 0 saturated heterocycles. The predicted octanol–water partition coefficient (Wildman–Crippen LogP) is 2.49. The number of ether oxygens (including phenoxy) is 1. The van der Waals surface area contributed by atoms with E-state index in [0.717, 1.165) is 20.8 Å². The van der Waals surface area contributed by atoms with Gasteiger partial charge in [-0.3, -0.25) is 9.59 Å². The van der Waals surface area contributed by atoms with E-state index in [1.54, 1.807) is 41.7 Å². The summed E-state index contributed by atoms with van der Waals surface area (Å²) < 4.78 is 6.28. The third-order valence-electron chi connectivity index (χ3n) is 3.44. The Morgan fingerprint density at radius 3 is 2.65 bits per heavy atom. The van der Waals surface area contributed by atoms with E-state index < -0.39 is 5.91 Å². The van der Waals surface area contributed by atoms with Gasteiger partial charge in [-0.25, -0.2) is 4.98 Å². The lowest BCUT2D eigenvalue weighted by Crippen LogP contribution is -2.20. The number of hydrogen-bond acceptors (Lipinski definition) is 5. The van der Waals surface area contributed by atoms with E-state index in [2.05, 4.69) is 10.3 Å². The first-order chi connectivity index (χ1) is 12.6. The minimum atomic E-state index is -0.529. The molecule has 0 atom stereocenters. The van der Waals surface area contributed by atoms with Crippen LogP contribution in [0.2, 0.25) is 0 Å². The molecule has 2 aromatic carbocycles. The molecule has 1 aromatic heterocycles. The van der Waals surface area contributed by atoms with Gasteiger partial charge in [-0.2, -0.15) is 0 Å². The van der Waals surface area contributed by atoms with Gasteiger partial charge in [-0.05, 0) is 35.9 Å². The van der Waals surface area contributed by atoms with Gasteiger partial charge in [-0.15, -0.1) is 11.3 Å². The molecule has 0 fully saturated rings. The topological polar surface area (TPSA) is 94.3 Å². The maximum atomic E-state index is 12.0. The van der Waals surface area contributed by atoms with E-state index in [9.17, 15) is 9.59 Å². The third kappa shape index (κ3) is 4.90. The van der Waals surface area contributed by atoms with Crippen LogP contribution in [0, 0.1) is 0 Å². The maximum Gasteiger partial charge on any atom is 0.255 e. The van der Waals surface area contributed by atoms with E-state index in [4.69, 9.17) is 10.5 Å². The number of nitrogens with one attached hydrogen (secondary N) is 1.